The van der Waals surface area contributed by atoms with Crippen molar-refractivity contribution in [2.24, 2.45) is 0 Å². The highest BCUT2D eigenvalue weighted by atomic mass is 79.9. The molecule has 0 bridgehead atoms. The van der Waals surface area contributed by atoms with Crippen LogP contribution in [0.4, 0.5) is 0 Å². The van der Waals surface area contributed by atoms with Crippen molar-refractivity contribution in [2.45, 2.75) is 19.6 Å². The molecule has 1 atom stereocenters. The minimum Gasteiger partial charge on any atom is -0.464 e. The second kappa shape index (κ2) is 6.74. The molecule has 1 aromatic carbocycles. The van der Waals surface area contributed by atoms with Crippen molar-refractivity contribution < 1.29 is 19.4 Å². The zero-order valence-electron chi connectivity index (χ0n) is 9.77. The molecule has 1 N–H and O–H groups in total. The number of hydrogen-bond acceptors (Lipinski definition) is 4. The number of aliphatic hydroxyl groups is 1. The predicted octanol–water partition coefficient (Wildman–Crippen LogP) is 2.19. The number of carbonyl (C=O) groups excluding carboxylic acids is 1. The molecule has 0 fully saturated rings. The van der Waals surface area contributed by atoms with Gasteiger partial charge in [0, 0.05) is 11.6 Å². The summed E-state index contributed by atoms with van der Waals surface area (Å²) in [5.74, 6) is -0.650. The number of carbonyl (C=O) groups is 1. The van der Waals surface area contributed by atoms with E-state index in [1.807, 2.05) is 6.07 Å². The number of benzene rings is 1. The highest BCUT2D eigenvalue weighted by Crippen LogP contribution is 2.24. The van der Waals surface area contributed by atoms with Crippen LogP contribution in [-0.2, 0) is 20.9 Å². The molecule has 1 unspecified atom stereocenters. The van der Waals surface area contributed by atoms with E-state index in [4.69, 9.17) is 9.47 Å². The fourth-order valence-electron chi connectivity index (χ4n) is 1.46. The molecule has 0 aliphatic rings. The van der Waals surface area contributed by atoms with Crippen molar-refractivity contribution in [2.75, 3.05) is 13.7 Å². The van der Waals surface area contributed by atoms with Crippen molar-refractivity contribution in [3.8, 4) is 0 Å². The molecule has 0 spiro atoms. The van der Waals surface area contributed by atoms with Crippen LogP contribution in [0.15, 0.2) is 22.7 Å². The molecule has 94 valence electrons. The number of methoxy groups -OCH3 is 1. The van der Waals surface area contributed by atoms with E-state index in [-0.39, 0.29) is 6.61 Å². The highest BCUT2D eigenvalue weighted by molar-refractivity contribution is 9.10. The molecule has 5 heteroatoms. The third-order valence-corrected chi connectivity index (χ3v) is 2.71. The van der Waals surface area contributed by atoms with Gasteiger partial charge in [0.15, 0.2) is 6.10 Å². The third-order valence-electron chi connectivity index (χ3n) is 2.21. The van der Waals surface area contributed by atoms with Crippen molar-refractivity contribution in [1.29, 1.82) is 0 Å². The summed E-state index contributed by atoms with van der Waals surface area (Å²) in [5.41, 5.74) is 1.26. The van der Waals surface area contributed by atoms with Crippen molar-refractivity contribution in [3.63, 3.8) is 0 Å². The molecule has 0 radical (unpaired) electrons. The standard InChI is InChI=1S/C12H15BrO4/c1-3-17-12(15)11(14)10-6-9(13)5-4-8(10)7-16-2/h4-6,11,14H,3,7H2,1-2H3. The molecular weight excluding hydrogens is 288 g/mol. The normalized spacial score (nSPS) is 12.2. The van der Waals surface area contributed by atoms with E-state index in [0.29, 0.717) is 12.2 Å². The molecule has 4 nitrogen and oxygen atoms in total. The summed E-state index contributed by atoms with van der Waals surface area (Å²) < 4.78 is 10.6. The average molecular weight is 303 g/mol. The minimum atomic E-state index is -1.28. The number of ether oxygens (including phenoxy) is 2. The zero-order valence-corrected chi connectivity index (χ0v) is 11.4. The van der Waals surface area contributed by atoms with Crippen LogP contribution < -0.4 is 0 Å². The maximum absolute atomic E-state index is 11.5. The van der Waals surface area contributed by atoms with Gasteiger partial charge in [-0.1, -0.05) is 22.0 Å². The first-order chi connectivity index (χ1) is 8.10. The molecule has 0 aliphatic carbocycles. The SMILES string of the molecule is CCOC(=O)C(O)c1cc(Br)ccc1COC. The second-order valence-corrected chi connectivity index (χ2v) is 4.35. The lowest BCUT2D eigenvalue weighted by atomic mass is 10.0. The maximum atomic E-state index is 11.5. The average Bonchev–Trinajstić information content (AvgIpc) is 2.31. The summed E-state index contributed by atoms with van der Waals surface area (Å²) in [6, 6.07) is 5.32. The predicted molar refractivity (Wildman–Crippen MR) is 66.4 cm³/mol. The lowest BCUT2D eigenvalue weighted by molar-refractivity contribution is -0.153. The first-order valence-electron chi connectivity index (χ1n) is 5.22. The Kier molecular flexibility index (Phi) is 5.61. The number of rotatable bonds is 5. The Morgan fingerprint density at radius 1 is 1.53 bits per heavy atom. The van der Waals surface area contributed by atoms with Gasteiger partial charge in [0.2, 0.25) is 0 Å². The van der Waals surface area contributed by atoms with Crippen molar-refractivity contribution in [3.05, 3.63) is 33.8 Å². The zero-order chi connectivity index (χ0) is 12.8. The van der Waals surface area contributed by atoms with E-state index in [2.05, 4.69) is 15.9 Å². The third kappa shape index (κ3) is 3.80. The quantitative estimate of drug-likeness (QED) is 0.847. The fourth-order valence-corrected chi connectivity index (χ4v) is 1.83. The van der Waals surface area contributed by atoms with Gasteiger partial charge < -0.3 is 14.6 Å². The second-order valence-electron chi connectivity index (χ2n) is 3.43. The van der Waals surface area contributed by atoms with E-state index in [0.717, 1.165) is 10.0 Å². The smallest absolute Gasteiger partial charge is 0.339 e. The van der Waals surface area contributed by atoms with Crippen LogP contribution in [0.25, 0.3) is 0 Å². The summed E-state index contributed by atoms with van der Waals surface area (Å²) in [4.78, 5) is 11.5. The van der Waals surface area contributed by atoms with Crippen LogP contribution in [0, 0.1) is 0 Å². The van der Waals surface area contributed by atoms with Gasteiger partial charge in [-0.3, -0.25) is 0 Å². The van der Waals surface area contributed by atoms with Crippen LogP contribution in [-0.4, -0.2) is 24.8 Å². The Balaban J connectivity index is 3.01. The molecular formula is C12H15BrO4. The topological polar surface area (TPSA) is 55.8 Å². The first kappa shape index (κ1) is 14.2. The highest BCUT2D eigenvalue weighted by Gasteiger charge is 2.21. The van der Waals surface area contributed by atoms with Crippen LogP contribution >= 0.6 is 15.9 Å². The van der Waals surface area contributed by atoms with E-state index in [1.54, 1.807) is 26.2 Å². The summed E-state index contributed by atoms with van der Waals surface area (Å²) in [6.07, 6.45) is -1.28. The Bertz CT molecular complexity index is 392. The molecule has 1 rings (SSSR count). The van der Waals surface area contributed by atoms with Gasteiger partial charge in [-0.2, -0.15) is 0 Å². The Labute approximate surface area is 109 Å². The Morgan fingerprint density at radius 2 is 2.24 bits per heavy atom. The fraction of sp³-hybridized carbons (Fsp3) is 0.417. The van der Waals surface area contributed by atoms with Crippen molar-refractivity contribution >= 4 is 21.9 Å². The van der Waals surface area contributed by atoms with Gasteiger partial charge in [-0.15, -0.1) is 0 Å². The van der Waals surface area contributed by atoms with Gasteiger partial charge in [0.1, 0.15) is 0 Å². The molecule has 0 aliphatic heterocycles. The van der Waals surface area contributed by atoms with E-state index in [9.17, 15) is 9.90 Å². The molecule has 0 heterocycles. The molecule has 0 aromatic heterocycles. The number of halogens is 1. The summed E-state index contributed by atoms with van der Waals surface area (Å²) in [6.45, 7) is 2.27. The number of esters is 1. The van der Waals surface area contributed by atoms with Gasteiger partial charge in [-0.25, -0.2) is 4.79 Å². The lowest BCUT2D eigenvalue weighted by Gasteiger charge is -2.14. The molecule has 0 saturated carbocycles. The number of aliphatic hydroxyl groups excluding tert-OH is 1. The van der Waals surface area contributed by atoms with Gasteiger partial charge in [0.25, 0.3) is 0 Å². The Hall–Kier alpha value is -0.910. The molecule has 0 amide bonds. The molecule has 1 aromatic rings. The Morgan fingerprint density at radius 3 is 2.82 bits per heavy atom. The van der Waals surface area contributed by atoms with Gasteiger partial charge >= 0.3 is 5.97 Å². The monoisotopic (exact) mass is 302 g/mol. The van der Waals surface area contributed by atoms with Crippen LogP contribution in [0.2, 0.25) is 0 Å². The first-order valence-corrected chi connectivity index (χ1v) is 6.01. The summed E-state index contributed by atoms with van der Waals surface area (Å²) in [7, 11) is 1.56. The van der Waals surface area contributed by atoms with Crippen LogP contribution in [0.3, 0.4) is 0 Å². The molecule has 17 heavy (non-hydrogen) atoms. The van der Waals surface area contributed by atoms with E-state index < -0.39 is 12.1 Å². The lowest BCUT2D eigenvalue weighted by Crippen LogP contribution is -2.17. The summed E-state index contributed by atoms with van der Waals surface area (Å²) in [5, 5.41) is 9.90. The van der Waals surface area contributed by atoms with E-state index >= 15 is 0 Å². The number of hydrogen-bond donors (Lipinski definition) is 1. The maximum Gasteiger partial charge on any atom is 0.339 e. The summed E-state index contributed by atoms with van der Waals surface area (Å²) >= 11 is 3.30. The van der Waals surface area contributed by atoms with Gasteiger partial charge in [0.05, 0.1) is 13.2 Å². The van der Waals surface area contributed by atoms with Crippen molar-refractivity contribution in [1.82, 2.24) is 0 Å². The van der Waals surface area contributed by atoms with E-state index in [1.165, 1.54) is 0 Å². The molecule has 0 saturated heterocycles. The van der Waals surface area contributed by atoms with Crippen LogP contribution in [0.1, 0.15) is 24.2 Å². The van der Waals surface area contributed by atoms with Gasteiger partial charge in [-0.05, 0) is 30.2 Å². The largest absolute Gasteiger partial charge is 0.464 e. The minimum absolute atomic E-state index is 0.240. The van der Waals surface area contributed by atoms with Crippen LogP contribution in [0.5, 0.6) is 0 Å².